The van der Waals surface area contributed by atoms with Crippen LogP contribution in [-0.4, -0.2) is 16.2 Å². The number of hydrogen-bond donors (Lipinski definition) is 2. The molecule has 0 saturated carbocycles. The molecule has 0 aliphatic carbocycles. The fraction of sp³-hybridized carbons (Fsp3) is 0.235. The van der Waals surface area contributed by atoms with Gasteiger partial charge in [0.25, 0.3) is 0 Å². The molecular weight excluding hydrogens is 268 g/mol. The number of aryl methyl sites for hydroxylation is 2. The van der Waals surface area contributed by atoms with Crippen LogP contribution in [0.3, 0.4) is 0 Å². The Morgan fingerprint density at radius 3 is 2.43 bits per heavy atom. The van der Waals surface area contributed by atoms with Crippen LogP contribution in [0.1, 0.15) is 34.0 Å². The van der Waals surface area contributed by atoms with Crippen molar-refractivity contribution in [3.05, 3.63) is 58.7 Å². The second-order valence-electron chi connectivity index (χ2n) is 4.91. The second kappa shape index (κ2) is 6.31. The lowest BCUT2D eigenvalue weighted by molar-refractivity contribution is 0.0693. The summed E-state index contributed by atoms with van der Waals surface area (Å²) in [5.74, 6) is -0.701. The molecule has 0 bridgehead atoms. The molecule has 0 aliphatic rings. The smallest absolute Gasteiger partial charge is 0.339 e. The van der Waals surface area contributed by atoms with Crippen molar-refractivity contribution in [3.63, 3.8) is 0 Å². The summed E-state index contributed by atoms with van der Waals surface area (Å²) in [6.07, 6.45) is 0.959. The monoisotopic (exact) mass is 286 g/mol. The highest BCUT2D eigenvalue weighted by Crippen LogP contribution is 2.26. The van der Waals surface area contributed by atoms with Gasteiger partial charge in [-0.25, -0.2) is 4.79 Å². The van der Waals surface area contributed by atoms with Gasteiger partial charge in [0, 0.05) is 5.56 Å². The number of hydrogen-bond acceptors (Lipinski definition) is 3. The van der Waals surface area contributed by atoms with Crippen LogP contribution in [0.25, 0.3) is 0 Å². The zero-order chi connectivity index (χ0) is 15.4. The predicted octanol–water partition coefficient (Wildman–Crippen LogP) is 3.54. The summed E-state index contributed by atoms with van der Waals surface area (Å²) in [7, 11) is 0. The number of carboxylic acid groups (broad SMARTS) is 1. The zero-order valence-corrected chi connectivity index (χ0v) is 12.1. The average Bonchev–Trinajstić information content (AvgIpc) is 2.48. The molecule has 2 N–H and O–H groups in total. The van der Waals surface area contributed by atoms with Gasteiger partial charge >= 0.3 is 5.97 Å². The number of aromatic hydroxyl groups is 1. The van der Waals surface area contributed by atoms with E-state index in [1.54, 1.807) is 13.0 Å². The fourth-order valence-electron chi connectivity index (χ4n) is 2.11. The highest BCUT2D eigenvalue weighted by atomic mass is 16.5. The first-order chi connectivity index (χ1) is 10.0. The van der Waals surface area contributed by atoms with E-state index in [-0.39, 0.29) is 17.9 Å². The van der Waals surface area contributed by atoms with Gasteiger partial charge in [0.1, 0.15) is 23.7 Å². The Morgan fingerprint density at radius 1 is 1.19 bits per heavy atom. The Hall–Kier alpha value is -2.49. The maximum Gasteiger partial charge on any atom is 0.339 e. The normalized spacial score (nSPS) is 10.4. The fourth-order valence-corrected chi connectivity index (χ4v) is 2.11. The van der Waals surface area contributed by atoms with Gasteiger partial charge in [0.15, 0.2) is 0 Å². The van der Waals surface area contributed by atoms with Crippen molar-refractivity contribution in [1.82, 2.24) is 0 Å². The number of aromatic carboxylic acids is 1. The van der Waals surface area contributed by atoms with Gasteiger partial charge in [0.05, 0.1) is 0 Å². The predicted molar refractivity (Wildman–Crippen MR) is 80.0 cm³/mol. The second-order valence-corrected chi connectivity index (χ2v) is 4.91. The molecule has 0 fully saturated rings. The third kappa shape index (κ3) is 3.54. The van der Waals surface area contributed by atoms with Crippen LogP contribution in [0, 0.1) is 6.92 Å². The standard InChI is InChI=1S/C17H18O4/c1-3-12-4-6-14(7-5-12)21-10-13-8-11(2)9-15(16(13)18)17(19)20/h4-9,18H,3,10H2,1-2H3,(H,19,20). The lowest BCUT2D eigenvalue weighted by Gasteiger charge is -2.11. The summed E-state index contributed by atoms with van der Waals surface area (Å²) in [5.41, 5.74) is 2.35. The minimum Gasteiger partial charge on any atom is -0.507 e. The minimum absolute atomic E-state index is 0.102. The van der Waals surface area contributed by atoms with Crippen LogP contribution >= 0.6 is 0 Å². The first-order valence-corrected chi connectivity index (χ1v) is 6.78. The summed E-state index contributed by atoms with van der Waals surface area (Å²) in [6, 6.07) is 10.9. The maximum absolute atomic E-state index is 11.1. The highest BCUT2D eigenvalue weighted by molar-refractivity contribution is 5.91. The molecular formula is C17H18O4. The van der Waals surface area contributed by atoms with E-state index in [0.29, 0.717) is 11.3 Å². The molecule has 2 rings (SSSR count). The molecule has 110 valence electrons. The topological polar surface area (TPSA) is 66.8 Å². The minimum atomic E-state index is -1.15. The van der Waals surface area contributed by atoms with Crippen LogP contribution in [-0.2, 0) is 13.0 Å². The highest BCUT2D eigenvalue weighted by Gasteiger charge is 2.14. The molecule has 0 amide bonds. The molecule has 0 spiro atoms. The number of carbonyl (C=O) groups is 1. The van der Waals surface area contributed by atoms with Gasteiger partial charge in [-0.05, 0) is 48.7 Å². The summed E-state index contributed by atoms with van der Waals surface area (Å²) in [4.78, 5) is 11.1. The number of benzene rings is 2. The van der Waals surface area contributed by atoms with E-state index in [0.717, 1.165) is 12.0 Å². The Morgan fingerprint density at radius 2 is 1.86 bits per heavy atom. The lowest BCUT2D eigenvalue weighted by atomic mass is 10.1. The molecule has 2 aromatic rings. The van der Waals surface area contributed by atoms with Gasteiger partial charge in [0.2, 0.25) is 0 Å². The van der Waals surface area contributed by atoms with Crippen LogP contribution in [0.15, 0.2) is 36.4 Å². The van der Waals surface area contributed by atoms with Crippen molar-refractivity contribution in [2.24, 2.45) is 0 Å². The Labute approximate surface area is 123 Å². The first-order valence-electron chi connectivity index (χ1n) is 6.78. The SMILES string of the molecule is CCc1ccc(OCc2cc(C)cc(C(=O)O)c2O)cc1. The molecule has 4 heteroatoms. The number of ether oxygens (including phenoxy) is 1. The van der Waals surface area contributed by atoms with Crippen molar-refractivity contribution in [2.75, 3.05) is 0 Å². The Balaban J connectivity index is 2.17. The Kier molecular flexibility index (Phi) is 4.48. The maximum atomic E-state index is 11.1. The third-order valence-electron chi connectivity index (χ3n) is 3.29. The van der Waals surface area contributed by atoms with Gasteiger partial charge in [-0.3, -0.25) is 0 Å². The molecule has 0 saturated heterocycles. The molecule has 2 aromatic carbocycles. The molecule has 4 nitrogen and oxygen atoms in total. The summed E-state index contributed by atoms with van der Waals surface area (Å²) >= 11 is 0. The number of phenols is 1. The van der Waals surface area contributed by atoms with Gasteiger partial charge < -0.3 is 14.9 Å². The molecule has 0 unspecified atom stereocenters. The van der Waals surface area contributed by atoms with E-state index in [2.05, 4.69) is 6.92 Å². The number of rotatable bonds is 5. The summed E-state index contributed by atoms with van der Waals surface area (Å²) in [6.45, 7) is 3.98. The van der Waals surface area contributed by atoms with E-state index < -0.39 is 5.97 Å². The molecule has 0 heterocycles. The van der Waals surface area contributed by atoms with E-state index in [1.165, 1.54) is 11.6 Å². The summed E-state index contributed by atoms with van der Waals surface area (Å²) < 4.78 is 5.61. The van der Waals surface area contributed by atoms with E-state index in [1.807, 2.05) is 24.3 Å². The van der Waals surface area contributed by atoms with Gasteiger partial charge in [-0.1, -0.05) is 19.1 Å². The molecule has 21 heavy (non-hydrogen) atoms. The van der Waals surface area contributed by atoms with Crippen molar-refractivity contribution in [2.45, 2.75) is 26.9 Å². The third-order valence-corrected chi connectivity index (χ3v) is 3.29. The van der Waals surface area contributed by atoms with E-state index in [9.17, 15) is 9.90 Å². The molecule has 0 aliphatic heterocycles. The zero-order valence-electron chi connectivity index (χ0n) is 12.1. The van der Waals surface area contributed by atoms with Crippen molar-refractivity contribution >= 4 is 5.97 Å². The van der Waals surface area contributed by atoms with Crippen molar-refractivity contribution in [3.8, 4) is 11.5 Å². The largest absolute Gasteiger partial charge is 0.507 e. The van der Waals surface area contributed by atoms with Crippen LogP contribution in [0.4, 0.5) is 0 Å². The van der Waals surface area contributed by atoms with Crippen molar-refractivity contribution < 1.29 is 19.7 Å². The van der Waals surface area contributed by atoms with E-state index >= 15 is 0 Å². The van der Waals surface area contributed by atoms with Crippen molar-refractivity contribution in [1.29, 1.82) is 0 Å². The quantitative estimate of drug-likeness (QED) is 0.882. The van der Waals surface area contributed by atoms with Crippen LogP contribution in [0.5, 0.6) is 11.5 Å². The van der Waals surface area contributed by atoms with Crippen LogP contribution < -0.4 is 4.74 Å². The average molecular weight is 286 g/mol. The molecule has 0 atom stereocenters. The van der Waals surface area contributed by atoms with Gasteiger partial charge in [-0.2, -0.15) is 0 Å². The Bertz CT molecular complexity index is 645. The van der Waals surface area contributed by atoms with E-state index in [4.69, 9.17) is 9.84 Å². The van der Waals surface area contributed by atoms with Crippen LogP contribution in [0.2, 0.25) is 0 Å². The molecule has 0 aromatic heterocycles. The first kappa shape index (κ1) is 14.9. The molecule has 0 radical (unpaired) electrons. The van der Waals surface area contributed by atoms with Gasteiger partial charge in [-0.15, -0.1) is 0 Å². The summed E-state index contributed by atoms with van der Waals surface area (Å²) in [5, 5.41) is 19.0. The lowest BCUT2D eigenvalue weighted by Crippen LogP contribution is -2.03. The number of carboxylic acids is 1.